The highest BCUT2D eigenvalue weighted by atomic mass is 16.5. The Bertz CT molecular complexity index is 314. The molecule has 1 aromatic carbocycles. The molecule has 0 heterocycles. The average Bonchev–Trinajstić information content (AvgIpc) is 2.32. The molecule has 88 valence electrons. The van der Waals surface area contributed by atoms with Gasteiger partial charge < -0.3 is 10.1 Å². The fraction of sp³-hybridized carbons (Fsp3) is 0.429. The Morgan fingerprint density at radius 1 is 1.38 bits per heavy atom. The monoisotopic (exact) mass is 219 g/mol. The van der Waals surface area contributed by atoms with E-state index in [-0.39, 0.29) is 6.10 Å². The summed E-state index contributed by atoms with van der Waals surface area (Å²) in [6, 6.07) is 8.65. The van der Waals surface area contributed by atoms with Crippen molar-refractivity contribution in [1.82, 2.24) is 5.32 Å². The lowest BCUT2D eigenvalue weighted by Gasteiger charge is -2.15. The Morgan fingerprint density at radius 2 is 2.00 bits per heavy atom. The van der Waals surface area contributed by atoms with Crippen LogP contribution in [0.1, 0.15) is 31.9 Å². The molecule has 0 radical (unpaired) electrons. The van der Waals surface area contributed by atoms with Gasteiger partial charge in [-0.3, -0.25) is 0 Å². The van der Waals surface area contributed by atoms with Crippen LogP contribution in [0.25, 0.3) is 0 Å². The molecule has 0 aliphatic rings. The fourth-order valence-corrected chi connectivity index (χ4v) is 1.65. The summed E-state index contributed by atoms with van der Waals surface area (Å²) in [6.45, 7) is 7.84. The second-order valence-electron chi connectivity index (χ2n) is 3.88. The van der Waals surface area contributed by atoms with E-state index in [1.165, 1.54) is 5.56 Å². The van der Waals surface area contributed by atoms with Gasteiger partial charge >= 0.3 is 0 Å². The topological polar surface area (TPSA) is 21.3 Å². The molecule has 1 N–H and O–H groups in total. The van der Waals surface area contributed by atoms with Gasteiger partial charge in [-0.15, -0.1) is 0 Å². The minimum atomic E-state index is 0.0529. The Morgan fingerprint density at radius 3 is 2.44 bits per heavy atom. The van der Waals surface area contributed by atoms with Crippen LogP contribution in [0, 0.1) is 0 Å². The molecule has 0 bridgehead atoms. The first-order chi connectivity index (χ1) is 7.71. The van der Waals surface area contributed by atoms with E-state index in [9.17, 15) is 0 Å². The molecular weight excluding hydrogens is 198 g/mol. The molecule has 16 heavy (non-hydrogen) atoms. The van der Waals surface area contributed by atoms with E-state index in [1.54, 1.807) is 6.08 Å². The summed E-state index contributed by atoms with van der Waals surface area (Å²) < 4.78 is 5.63. The van der Waals surface area contributed by atoms with Crippen molar-refractivity contribution in [3.63, 3.8) is 0 Å². The van der Waals surface area contributed by atoms with E-state index < -0.39 is 0 Å². The number of hydrogen-bond donors (Lipinski definition) is 1. The first-order valence-corrected chi connectivity index (χ1v) is 5.77. The predicted octanol–water partition coefficient (Wildman–Crippen LogP) is 3.31. The first kappa shape index (κ1) is 12.8. The van der Waals surface area contributed by atoms with Gasteiger partial charge in [0.15, 0.2) is 0 Å². The fourth-order valence-electron chi connectivity index (χ4n) is 1.65. The molecule has 2 heteroatoms. The van der Waals surface area contributed by atoms with Gasteiger partial charge in [0.2, 0.25) is 0 Å². The molecule has 0 spiro atoms. The summed E-state index contributed by atoms with van der Waals surface area (Å²) in [5.41, 5.74) is 1.30. The number of nitrogens with one attached hydrogen (secondary N) is 1. The summed E-state index contributed by atoms with van der Waals surface area (Å²) in [6.07, 6.45) is 2.92. The van der Waals surface area contributed by atoms with Crippen LogP contribution in [0.4, 0.5) is 0 Å². The van der Waals surface area contributed by atoms with E-state index in [4.69, 9.17) is 4.74 Å². The van der Waals surface area contributed by atoms with Crippen LogP contribution in [-0.4, -0.2) is 13.2 Å². The molecule has 0 saturated heterocycles. The highest BCUT2D eigenvalue weighted by molar-refractivity contribution is 5.29. The van der Waals surface area contributed by atoms with E-state index in [2.05, 4.69) is 31.0 Å². The minimum absolute atomic E-state index is 0.0529. The number of hydrogen-bond acceptors (Lipinski definition) is 2. The maximum Gasteiger partial charge on any atom is 0.120 e. The normalized spacial score (nSPS) is 14.2. The van der Waals surface area contributed by atoms with Gasteiger partial charge in [0.25, 0.3) is 0 Å². The Labute approximate surface area is 98.3 Å². The molecule has 1 rings (SSSR count). The lowest BCUT2D eigenvalue weighted by molar-refractivity contribution is 0.270. The quantitative estimate of drug-likeness (QED) is 0.741. The van der Waals surface area contributed by atoms with Crippen molar-refractivity contribution in [1.29, 1.82) is 0 Å². The van der Waals surface area contributed by atoms with Crippen molar-refractivity contribution in [2.45, 2.75) is 32.4 Å². The van der Waals surface area contributed by atoms with Gasteiger partial charge in [0.1, 0.15) is 11.9 Å². The van der Waals surface area contributed by atoms with Gasteiger partial charge in [-0.2, -0.15) is 0 Å². The second kappa shape index (κ2) is 6.33. The van der Waals surface area contributed by atoms with Crippen molar-refractivity contribution in [3.05, 3.63) is 42.5 Å². The maximum atomic E-state index is 5.63. The minimum Gasteiger partial charge on any atom is -0.487 e. The molecule has 0 aliphatic carbocycles. The van der Waals surface area contributed by atoms with Crippen LogP contribution in [0.3, 0.4) is 0 Å². The molecule has 2 nitrogen and oxygen atoms in total. The van der Waals surface area contributed by atoms with Crippen molar-refractivity contribution in [2.24, 2.45) is 0 Å². The van der Waals surface area contributed by atoms with Gasteiger partial charge in [-0.1, -0.05) is 31.7 Å². The molecule has 0 saturated carbocycles. The van der Waals surface area contributed by atoms with E-state index in [0.717, 1.165) is 12.2 Å². The number of benzene rings is 1. The molecule has 0 amide bonds. The lowest BCUT2D eigenvalue weighted by Crippen LogP contribution is -2.15. The maximum absolute atomic E-state index is 5.63. The van der Waals surface area contributed by atoms with Crippen molar-refractivity contribution in [3.8, 4) is 5.75 Å². The molecule has 0 aromatic heterocycles. The predicted molar refractivity (Wildman–Crippen MR) is 68.8 cm³/mol. The summed E-state index contributed by atoms with van der Waals surface area (Å²) in [5.74, 6) is 0.891. The zero-order chi connectivity index (χ0) is 12.0. The highest BCUT2D eigenvalue weighted by Gasteiger charge is 2.06. The summed E-state index contributed by atoms with van der Waals surface area (Å²) >= 11 is 0. The summed E-state index contributed by atoms with van der Waals surface area (Å²) in [5, 5.41) is 3.28. The van der Waals surface area contributed by atoms with Crippen LogP contribution in [0.5, 0.6) is 5.75 Å². The highest BCUT2D eigenvalue weighted by Crippen LogP contribution is 2.20. The van der Waals surface area contributed by atoms with E-state index in [0.29, 0.717) is 6.04 Å². The average molecular weight is 219 g/mol. The van der Waals surface area contributed by atoms with E-state index >= 15 is 0 Å². The third-order valence-electron chi connectivity index (χ3n) is 2.69. The Kier molecular flexibility index (Phi) is 5.06. The van der Waals surface area contributed by atoms with Gasteiger partial charge in [0.05, 0.1) is 0 Å². The van der Waals surface area contributed by atoms with Crippen molar-refractivity contribution >= 4 is 0 Å². The van der Waals surface area contributed by atoms with Crippen molar-refractivity contribution < 1.29 is 4.74 Å². The third kappa shape index (κ3) is 3.38. The van der Waals surface area contributed by atoms with Crippen LogP contribution in [0.15, 0.2) is 36.9 Å². The van der Waals surface area contributed by atoms with E-state index in [1.807, 2.05) is 26.1 Å². The molecule has 1 aromatic rings. The molecular formula is C14H21NO. The molecule has 2 atom stereocenters. The molecule has 2 unspecified atom stereocenters. The number of rotatable bonds is 6. The van der Waals surface area contributed by atoms with Crippen molar-refractivity contribution in [2.75, 3.05) is 7.05 Å². The van der Waals surface area contributed by atoms with Crippen LogP contribution < -0.4 is 10.1 Å². The van der Waals surface area contributed by atoms with Gasteiger partial charge in [0, 0.05) is 6.04 Å². The second-order valence-corrected chi connectivity index (χ2v) is 3.88. The number of ether oxygens (including phenoxy) is 1. The zero-order valence-corrected chi connectivity index (χ0v) is 10.4. The van der Waals surface area contributed by atoms with Gasteiger partial charge in [-0.05, 0) is 38.1 Å². The molecule has 0 aliphatic heterocycles. The lowest BCUT2D eigenvalue weighted by atomic mass is 10.0. The SMILES string of the molecule is C=CC(C)Oc1ccc(C(CC)NC)cc1. The third-order valence-corrected chi connectivity index (χ3v) is 2.69. The first-order valence-electron chi connectivity index (χ1n) is 5.77. The van der Waals surface area contributed by atoms with Crippen LogP contribution >= 0.6 is 0 Å². The van der Waals surface area contributed by atoms with Gasteiger partial charge in [-0.25, -0.2) is 0 Å². The zero-order valence-electron chi connectivity index (χ0n) is 10.4. The summed E-state index contributed by atoms with van der Waals surface area (Å²) in [7, 11) is 1.98. The standard InChI is InChI=1S/C14H21NO/c1-5-11(3)16-13-9-7-12(8-10-13)14(6-2)15-4/h5,7-11,14-15H,1,6H2,2-4H3. The smallest absolute Gasteiger partial charge is 0.120 e. The molecule has 0 fully saturated rings. The largest absolute Gasteiger partial charge is 0.487 e. The van der Waals surface area contributed by atoms with Crippen LogP contribution in [0.2, 0.25) is 0 Å². The Balaban J connectivity index is 2.70. The summed E-state index contributed by atoms with van der Waals surface area (Å²) in [4.78, 5) is 0. The Hall–Kier alpha value is -1.28. The van der Waals surface area contributed by atoms with Crippen LogP contribution in [-0.2, 0) is 0 Å².